The summed E-state index contributed by atoms with van der Waals surface area (Å²) in [6.45, 7) is 0. The normalized spacial score (nSPS) is 10.8. The van der Waals surface area contributed by atoms with E-state index in [1.54, 1.807) is 41.2 Å². The number of nitrogens with two attached hydrogens (primary N) is 1. The van der Waals surface area contributed by atoms with Crippen LogP contribution in [0.2, 0.25) is 0 Å². The number of amidine groups is 1. The molecule has 20 heavy (non-hydrogen) atoms. The van der Waals surface area contributed by atoms with Crippen molar-refractivity contribution >= 4 is 11.5 Å². The van der Waals surface area contributed by atoms with Crippen LogP contribution in [0.15, 0.2) is 42.9 Å². The molecule has 0 aliphatic carbocycles. The molecule has 3 aromatic rings. The second kappa shape index (κ2) is 4.73. The molecule has 0 spiro atoms. The third-order valence-electron chi connectivity index (χ3n) is 3.04. The fourth-order valence-electron chi connectivity index (χ4n) is 2.07. The number of halogens is 1. The predicted molar refractivity (Wildman–Crippen MR) is 73.2 cm³/mol. The van der Waals surface area contributed by atoms with E-state index in [9.17, 15) is 4.39 Å². The first-order chi connectivity index (χ1) is 9.65. The molecular formula is C14H12FN5. The van der Waals surface area contributed by atoms with Crippen LogP contribution in [-0.4, -0.2) is 20.2 Å². The Kier molecular flexibility index (Phi) is 2.90. The van der Waals surface area contributed by atoms with Crippen LogP contribution in [0.4, 0.5) is 4.39 Å². The van der Waals surface area contributed by atoms with E-state index < -0.39 is 0 Å². The topological polar surface area (TPSA) is 80.1 Å². The number of benzene rings is 1. The second-order valence-corrected chi connectivity index (χ2v) is 4.41. The van der Waals surface area contributed by atoms with Crippen LogP contribution in [0.5, 0.6) is 0 Å². The van der Waals surface area contributed by atoms with Gasteiger partial charge in [0.05, 0.1) is 5.69 Å². The van der Waals surface area contributed by atoms with Crippen LogP contribution in [0.25, 0.3) is 5.65 Å². The van der Waals surface area contributed by atoms with Gasteiger partial charge in [0.2, 0.25) is 0 Å². The molecule has 5 nitrogen and oxygen atoms in total. The molecule has 100 valence electrons. The average Bonchev–Trinajstić information content (AvgIpc) is 2.89. The Morgan fingerprint density at radius 2 is 2.15 bits per heavy atom. The Labute approximate surface area is 114 Å². The average molecular weight is 269 g/mol. The number of nitrogens with zero attached hydrogens (tertiary/aromatic N) is 3. The molecule has 0 amide bonds. The highest BCUT2D eigenvalue weighted by molar-refractivity contribution is 5.93. The Bertz CT molecular complexity index is 793. The number of aromatic nitrogens is 3. The minimum atomic E-state index is -0.285. The lowest BCUT2D eigenvalue weighted by molar-refractivity contribution is 0.613. The fourth-order valence-corrected chi connectivity index (χ4v) is 2.07. The highest BCUT2D eigenvalue weighted by atomic mass is 19.1. The van der Waals surface area contributed by atoms with Crippen molar-refractivity contribution in [3.63, 3.8) is 0 Å². The van der Waals surface area contributed by atoms with E-state index in [-0.39, 0.29) is 11.7 Å². The zero-order chi connectivity index (χ0) is 14.1. The quantitative estimate of drug-likeness (QED) is 0.561. The molecule has 0 unspecified atom stereocenters. The molecule has 6 heteroatoms. The number of fused-ring (bicyclic) bond motifs is 1. The van der Waals surface area contributed by atoms with Gasteiger partial charge in [-0.1, -0.05) is 18.2 Å². The number of hydrogen-bond acceptors (Lipinski definition) is 3. The lowest BCUT2D eigenvalue weighted by Gasteiger charge is -2.07. The summed E-state index contributed by atoms with van der Waals surface area (Å²) in [5, 5.41) is 7.49. The van der Waals surface area contributed by atoms with Gasteiger partial charge in [0.1, 0.15) is 17.3 Å². The number of imidazole rings is 1. The molecular weight excluding hydrogens is 257 g/mol. The van der Waals surface area contributed by atoms with Gasteiger partial charge in [0.15, 0.2) is 5.65 Å². The molecule has 0 saturated heterocycles. The summed E-state index contributed by atoms with van der Waals surface area (Å²) in [5.41, 5.74) is 7.59. The smallest absolute Gasteiger partial charge is 0.158 e. The summed E-state index contributed by atoms with van der Waals surface area (Å²) in [4.78, 5) is 8.52. The van der Waals surface area contributed by atoms with Gasteiger partial charge in [0, 0.05) is 25.0 Å². The highest BCUT2D eigenvalue weighted by Crippen LogP contribution is 2.15. The maximum absolute atomic E-state index is 13.7. The van der Waals surface area contributed by atoms with Crippen molar-refractivity contribution in [1.29, 1.82) is 5.41 Å². The van der Waals surface area contributed by atoms with Crippen molar-refractivity contribution in [3.05, 3.63) is 65.6 Å². The Balaban J connectivity index is 2.12. The standard InChI is InChI=1S/C14H12FN5/c15-10-4-2-1-3-9(10)7-11-14-18-5-6-20(14)8-12(19-11)13(16)17/h1-6,8H,7H2,(H3,16,17). The van der Waals surface area contributed by atoms with Crippen LogP contribution in [0, 0.1) is 11.2 Å². The summed E-state index contributed by atoms with van der Waals surface area (Å²) in [5.74, 6) is -0.414. The zero-order valence-corrected chi connectivity index (χ0v) is 10.5. The molecule has 0 aliphatic rings. The van der Waals surface area contributed by atoms with Crippen molar-refractivity contribution in [2.24, 2.45) is 5.73 Å². The van der Waals surface area contributed by atoms with Crippen molar-refractivity contribution in [1.82, 2.24) is 14.4 Å². The molecule has 0 bridgehead atoms. The highest BCUT2D eigenvalue weighted by Gasteiger charge is 2.11. The van der Waals surface area contributed by atoms with E-state index in [0.29, 0.717) is 29.0 Å². The third-order valence-corrected chi connectivity index (χ3v) is 3.04. The van der Waals surface area contributed by atoms with Gasteiger partial charge in [-0.3, -0.25) is 5.41 Å². The predicted octanol–water partition coefficient (Wildman–Crippen LogP) is 1.74. The van der Waals surface area contributed by atoms with E-state index in [1.165, 1.54) is 6.07 Å². The Morgan fingerprint density at radius 1 is 1.35 bits per heavy atom. The lowest BCUT2D eigenvalue weighted by Crippen LogP contribution is -2.16. The molecule has 3 N–H and O–H groups in total. The van der Waals surface area contributed by atoms with Crippen LogP contribution in [-0.2, 0) is 6.42 Å². The number of rotatable bonds is 3. The van der Waals surface area contributed by atoms with Crippen molar-refractivity contribution in [2.45, 2.75) is 6.42 Å². The molecule has 0 fully saturated rings. The van der Waals surface area contributed by atoms with Gasteiger partial charge in [-0.2, -0.15) is 0 Å². The SMILES string of the molecule is N=C(N)c1cn2ccnc2c(Cc2ccccc2F)n1. The summed E-state index contributed by atoms with van der Waals surface area (Å²) in [6.07, 6.45) is 5.31. The molecule has 0 atom stereocenters. The molecule has 3 rings (SSSR count). The summed E-state index contributed by atoms with van der Waals surface area (Å²) >= 11 is 0. The maximum atomic E-state index is 13.7. The fraction of sp³-hybridized carbons (Fsp3) is 0.0714. The van der Waals surface area contributed by atoms with Crippen LogP contribution >= 0.6 is 0 Å². The largest absolute Gasteiger partial charge is 0.382 e. The Morgan fingerprint density at radius 3 is 2.90 bits per heavy atom. The van der Waals surface area contributed by atoms with Crippen molar-refractivity contribution in [2.75, 3.05) is 0 Å². The van der Waals surface area contributed by atoms with Crippen molar-refractivity contribution in [3.8, 4) is 0 Å². The van der Waals surface area contributed by atoms with E-state index in [0.717, 1.165) is 0 Å². The van der Waals surface area contributed by atoms with Gasteiger partial charge in [0.25, 0.3) is 0 Å². The first kappa shape index (κ1) is 12.3. The molecule has 1 aromatic carbocycles. The van der Waals surface area contributed by atoms with Crippen LogP contribution in [0.1, 0.15) is 17.0 Å². The maximum Gasteiger partial charge on any atom is 0.158 e. The van der Waals surface area contributed by atoms with Crippen LogP contribution in [0.3, 0.4) is 0 Å². The number of nitrogens with one attached hydrogen (secondary N) is 1. The minimum Gasteiger partial charge on any atom is -0.382 e. The van der Waals surface area contributed by atoms with E-state index in [2.05, 4.69) is 9.97 Å². The van der Waals surface area contributed by atoms with Gasteiger partial charge in [-0.25, -0.2) is 14.4 Å². The van der Waals surface area contributed by atoms with Crippen LogP contribution < -0.4 is 5.73 Å². The molecule has 0 aliphatic heterocycles. The van der Waals surface area contributed by atoms with E-state index in [4.69, 9.17) is 11.1 Å². The molecule has 2 aromatic heterocycles. The second-order valence-electron chi connectivity index (χ2n) is 4.41. The summed E-state index contributed by atoms with van der Waals surface area (Å²) in [6, 6.07) is 6.53. The molecule has 2 heterocycles. The minimum absolute atomic E-state index is 0.129. The number of hydrogen-bond donors (Lipinski definition) is 2. The molecule has 0 saturated carbocycles. The number of nitrogen functional groups attached to an aromatic ring is 1. The Hall–Kier alpha value is -2.76. The van der Waals surface area contributed by atoms with Gasteiger partial charge in [-0.05, 0) is 11.6 Å². The van der Waals surface area contributed by atoms with E-state index >= 15 is 0 Å². The third kappa shape index (κ3) is 2.11. The molecule has 0 radical (unpaired) electrons. The first-order valence-corrected chi connectivity index (χ1v) is 6.05. The zero-order valence-electron chi connectivity index (χ0n) is 10.5. The first-order valence-electron chi connectivity index (χ1n) is 6.05. The monoisotopic (exact) mass is 269 g/mol. The van der Waals surface area contributed by atoms with Gasteiger partial charge >= 0.3 is 0 Å². The lowest BCUT2D eigenvalue weighted by atomic mass is 10.1. The van der Waals surface area contributed by atoms with Gasteiger partial charge < -0.3 is 10.1 Å². The van der Waals surface area contributed by atoms with Crippen molar-refractivity contribution < 1.29 is 4.39 Å². The summed E-state index contributed by atoms with van der Waals surface area (Å²) in [7, 11) is 0. The van der Waals surface area contributed by atoms with Gasteiger partial charge in [-0.15, -0.1) is 0 Å². The van der Waals surface area contributed by atoms with E-state index in [1.807, 2.05) is 0 Å². The summed E-state index contributed by atoms with van der Waals surface area (Å²) < 4.78 is 15.5.